The molecular formula is C20H27N5O. The van der Waals surface area contributed by atoms with Crippen LogP contribution in [0.5, 0.6) is 5.75 Å². The van der Waals surface area contributed by atoms with Gasteiger partial charge in [0.1, 0.15) is 12.4 Å². The molecule has 0 bridgehead atoms. The van der Waals surface area contributed by atoms with Crippen molar-refractivity contribution < 1.29 is 4.74 Å². The van der Waals surface area contributed by atoms with Gasteiger partial charge in [-0.15, -0.1) is 0 Å². The Bertz CT molecular complexity index is 669. The summed E-state index contributed by atoms with van der Waals surface area (Å²) in [6, 6.07) is 14.8. The molecule has 2 heterocycles. The molecule has 0 unspecified atom stereocenters. The molecule has 3 rings (SSSR count). The first-order chi connectivity index (χ1) is 12.8. The number of pyridine rings is 1. The topological polar surface area (TPSA) is 61.8 Å². The van der Waals surface area contributed by atoms with E-state index in [0.717, 1.165) is 37.6 Å². The van der Waals surface area contributed by atoms with Crippen LogP contribution in [0.2, 0.25) is 0 Å². The van der Waals surface area contributed by atoms with Crippen molar-refractivity contribution in [1.29, 1.82) is 0 Å². The minimum absolute atomic E-state index is 0.445. The lowest BCUT2D eigenvalue weighted by molar-refractivity contribution is 0.320. The van der Waals surface area contributed by atoms with E-state index in [1.54, 1.807) is 19.4 Å². The largest absolute Gasteiger partial charge is 0.490 e. The Morgan fingerprint density at radius 2 is 2.00 bits per heavy atom. The van der Waals surface area contributed by atoms with Crippen LogP contribution in [0.25, 0.3) is 0 Å². The number of aromatic nitrogens is 1. The molecule has 0 atom stereocenters. The van der Waals surface area contributed by atoms with Crippen LogP contribution in [0.15, 0.2) is 59.9 Å². The molecule has 1 aliphatic rings. The van der Waals surface area contributed by atoms with Crippen LogP contribution in [0, 0.1) is 0 Å². The number of ether oxygens (including phenoxy) is 1. The molecule has 1 saturated heterocycles. The van der Waals surface area contributed by atoms with Gasteiger partial charge in [-0.3, -0.25) is 9.98 Å². The van der Waals surface area contributed by atoms with E-state index >= 15 is 0 Å². The maximum absolute atomic E-state index is 5.64. The molecule has 6 heteroatoms. The summed E-state index contributed by atoms with van der Waals surface area (Å²) in [7, 11) is 1.80. The first-order valence-electron chi connectivity index (χ1n) is 9.15. The van der Waals surface area contributed by atoms with E-state index in [1.165, 1.54) is 5.69 Å². The predicted octanol–water partition coefficient (Wildman–Crippen LogP) is 2.29. The van der Waals surface area contributed by atoms with E-state index in [2.05, 4.69) is 55.8 Å². The Kier molecular flexibility index (Phi) is 6.70. The van der Waals surface area contributed by atoms with E-state index in [1.807, 2.05) is 12.1 Å². The van der Waals surface area contributed by atoms with Crippen LogP contribution in [0.4, 0.5) is 5.69 Å². The highest BCUT2D eigenvalue weighted by Crippen LogP contribution is 2.19. The van der Waals surface area contributed by atoms with Crippen LogP contribution in [-0.2, 0) is 0 Å². The number of piperidine rings is 1. The monoisotopic (exact) mass is 353 g/mol. The summed E-state index contributed by atoms with van der Waals surface area (Å²) in [5.74, 6) is 1.61. The molecule has 1 aromatic heterocycles. The quantitative estimate of drug-likeness (QED) is 0.474. The number of nitrogens with one attached hydrogen (secondary N) is 2. The van der Waals surface area contributed by atoms with Gasteiger partial charge in [-0.2, -0.15) is 0 Å². The Morgan fingerprint density at radius 3 is 2.69 bits per heavy atom. The van der Waals surface area contributed by atoms with Gasteiger partial charge in [-0.1, -0.05) is 18.2 Å². The van der Waals surface area contributed by atoms with Crippen LogP contribution in [-0.4, -0.2) is 50.3 Å². The average molecular weight is 353 g/mol. The second kappa shape index (κ2) is 9.65. The third-order valence-electron chi connectivity index (χ3n) is 4.48. The number of hydrogen-bond donors (Lipinski definition) is 2. The highest BCUT2D eigenvalue weighted by Gasteiger charge is 2.19. The number of rotatable bonds is 6. The van der Waals surface area contributed by atoms with Gasteiger partial charge in [0.05, 0.1) is 12.7 Å². The van der Waals surface area contributed by atoms with Gasteiger partial charge in [-0.05, 0) is 37.1 Å². The zero-order valence-electron chi connectivity index (χ0n) is 15.3. The Hall–Kier alpha value is -2.76. The number of benzene rings is 1. The summed E-state index contributed by atoms with van der Waals surface area (Å²) in [6.07, 6.45) is 5.65. The van der Waals surface area contributed by atoms with Crippen LogP contribution < -0.4 is 20.3 Å². The molecule has 0 saturated carbocycles. The van der Waals surface area contributed by atoms with E-state index in [9.17, 15) is 0 Å². The molecule has 0 aliphatic carbocycles. The van der Waals surface area contributed by atoms with E-state index in [0.29, 0.717) is 19.2 Å². The number of para-hydroxylation sites is 1. The number of nitrogens with zero attached hydrogens (tertiary/aromatic N) is 3. The third-order valence-corrected chi connectivity index (χ3v) is 4.48. The minimum atomic E-state index is 0.445. The third kappa shape index (κ3) is 5.37. The van der Waals surface area contributed by atoms with Gasteiger partial charge in [-0.25, -0.2) is 0 Å². The standard InChI is InChI=1S/C20H27N5O/c1-21-20(23-12-15-26-19-8-5-11-22-16-19)24-17-9-13-25(14-10-17)18-6-3-2-4-7-18/h2-8,11,16-17H,9-10,12-15H2,1H3,(H2,21,23,24). The molecule has 1 aliphatic heterocycles. The maximum Gasteiger partial charge on any atom is 0.191 e. The van der Waals surface area contributed by atoms with Crippen molar-refractivity contribution in [2.75, 3.05) is 38.2 Å². The molecule has 26 heavy (non-hydrogen) atoms. The Balaban J connectivity index is 1.36. The predicted molar refractivity (Wildman–Crippen MR) is 106 cm³/mol. The summed E-state index contributed by atoms with van der Waals surface area (Å²) < 4.78 is 5.64. The van der Waals surface area contributed by atoms with E-state index < -0.39 is 0 Å². The van der Waals surface area contributed by atoms with Crippen LogP contribution in [0.3, 0.4) is 0 Å². The molecular weight excluding hydrogens is 326 g/mol. The second-order valence-electron chi connectivity index (χ2n) is 6.28. The SMILES string of the molecule is CN=C(NCCOc1cccnc1)NC1CCN(c2ccccc2)CC1. The normalized spacial score (nSPS) is 15.6. The van der Waals surface area contributed by atoms with Crippen molar-refractivity contribution in [3.05, 3.63) is 54.9 Å². The van der Waals surface area contributed by atoms with Crippen molar-refractivity contribution in [2.24, 2.45) is 4.99 Å². The average Bonchev–Trinajstić information content (AvgIpc) is 2.72. The summed E-state index contributed by atoms with van der Waals surface area (Å²) >= 11 is 0. The zero-order chi connectivity index (χ0) is 18.0. The number of aliphatic imine (C=N–C) groups is 1. The van der Waals surface area contributed by atoms with E-state index in [4.69, 9.17) is 4.74 Å². The van der Waals surface area contributed by atoms with Crippen molar-refractivity contribution in [3.8, 4) is 5.75 Å². The smallest absolute Gasteiger partial charge is 0.191 e. The van der Waals surface area contributed by atoms with Crippen molar-refractivity contribution in [2.45, 2.75) is 18.9 Å². The lowest BCUT2D eigenvalue weighted by Crippen LogP contribution is -2.49. The fourth-order valence-corrected chi connectivity index (χ4v) is 3.08. The molecule has 6 nitrogen and oxygen atoms in total. The van der Waals surface area contributed by atoms with Gasteiger partial charge in [0, 0.05) is 38.1 Å². The van der Waals surface area contributed by atoms with Gasteiger partial charge in [0.15, 0.2) is 5.96 Å². The molecule has 138 valence electrons. The molecule has 1 fully saturated rings. The summed E-state index contributed by atoms with van der Waals surface area (Å²) in [4.78, 5) is 10.8. The molecule has 2 N–H and O–H groups in total. The first kappa shape index (κ1) is 18.0. The first-order valence-corrected chi connectivity index (χ1v) is 9.15. The minimum Gasteiger partial charge on any atom is -0.490 e. The molecule has 0 amide bonds. The maximum atomic E-state index is 5.64. The Morgan fingerprint density at radius 1 is 1.19 bits per heavy atom. The molecule has 1 aromatic carbocycles. The number of anilines is 1. The van der Waals surface area contributed by atoms with Gasteiger partial charge in [0.25, 0.3) is 0 Å². The molecule has 2 aromatic rings. The summed E-state index contributed by atoms with van der Waals surface area (Å²) in [5.41, 5.74) is 1.31. The zero-order valence-corrected chi connectivity index (χ0v) is 15.3. The lowest BCUT2D eigenvalue weighted by Gasteiger charge is -2.34. The van der Waals surface area contributed by atoms with Crippen molar-refractivity contribution in [1.82, 2.24) is 15.6 Å². The van der Waals surface area contributed by atoms with Gasteiger partial charge < -0.3 is 20.3 Å². The van der Waals surface area contributed by atoms with Crippen molar-refractivity contribution >= 4 is 11.6 Å². The van der Waals surface area contributed by atoms with Crippen LogP contribution in [0.1, 0.15) is 12.8 Å². The molecule has 0 spiro atoms. The fraction of sp³-hybridized carbons (Fsp3) is 0.400. The second-order valence-corrected chi connectivity index (χ2v) is 6.28. The highest BCUT2D eigenvalue weighted by atomic mass is 16.5. The van der Waals surface area contributed by atoms with Gasteiger partial charge >= 0.3 is 0 Å². The fourth-order valence-electron chi connectivity index (χ4n) is 3.08. The number of hydrogen-bond acceptors (Lipinski definition) is 4. The molecule has 0 radical (unpaired) electrons. The highest BCUT2D eigenvalue weighted by molar-refractivity contribution is 5.80. The summed E-state index contributed by atoms with van der Waals surface area (Å²) in [5, 5.41) is 6.83. The summed E-state index contributed by atoms with van der Waals surface area (Å²) in [6.45, 7) is 3.38. The number of guanidine groups is 1. The Labute approximate surface area is 155 Å². The lowest BCUT2D eigenvalue weighted by atomic mass is 10.0. The van der Waals surface area contributed by atoms with Crippen molar-refractivity contribution in [3.63, 3.8) is 0 Å². The van der Waals surface area contributed by atoms with E-state index in [-0.39, 0.29) is 0 Å². The van der Waals surface area contributed by atoms with Gasteiger partial charge in [0.2, 0.25) is 0 Å². The van der Waals surface area contributed by atoms with Crippen LogP contribution >= 0.6 is 0 Å².